The molecule has 1 aliphatic heterocycles. The van der Waals surface area contributed by atoms with Gasteiger partial charge in [0.15, 0.2) is 5.84 Å². The molecular formula is C5H7N4O2. The van der Waals surface area contributed by atoms with Gasteiger partial charge in [-0.2, -0.15) is 0 Å². The molecule has 6 heteroatoms. The van der Waals surface area contributed by atoms with Gasteiger partial charge in [-0.1, -0.05) is 0 Å². The molecule has 0 saturated heterocycles. The molecule has 1 heterocycles. The second-order valence-corrected chi connectivity index (χ2v) is 1.78. The zero-order valence-electron chi connectivity index (χ0n) is 6.02. The van der Waals surface area contributed by atoms with Gasteiger partial charge in [0.1, 0.15) is 6.42 Å². The Morgan fingerprint density at radius 3 is 2.91 bits per heavy atom. The third-order valence-electron chi connectivity index (χ3n) is 0.968. The van der Waals surface area contributed by atoms with E-state index in [0.717, 1.165) is 0 Å². The second-order valence-electron chi connectivity index (χ2n) is 1.78. The fourth-order valence-corrected chi connectivity index (χ4v) is 0.575. The maximum absolute atomic E-state index is 10.8. The van der Waals surface area contributed by atoms with Crippen LogP contribution in [0.5, 0.6) is 0 Å². The van der Waals surface area contributed by atoms with Crippen molar-refractivity contribution in [3.63, 3.8) is 0 Å². The Bertz CT molecular complexity index is 211. The van der Waals surface area contributed by atoms with Gasteiger partial charge in [0.25, 0.3) is 0 Å². The fraction of sp³-hybridized carbons (Fsp3) is 0.600. The Labute approximate surface area is 63.3 Å². The van der Waals surface area contributed by atoms with E-state index in [1.165, 1.54) is 0 Å². The van der Waals surface area contributed by atoms with Crippen LogP contribution < -0.4 is 5.43 Å². The summed E-state index contributed by atoms with van der Waals surface area (Å²) in [5.74, 6) is -0.0641. The Morgan fingerprint density at radius 2 is 2.36 bits per heavy atom. The normalized spacial score (nSPS) is 14.1. The molecule has 0 N–H and O–H groups in total. The van der Waals surface area contributed by atoms with E-state index in [4.69, 9.17) is 0 Å². The Balaban J connectivity index is 2.26. The van der Waals surface area contributed by atoms with Crippen molar-refractivity contribution in [1.82, 2.24) is 5.43 Å². The number of carbonyl (C=O) groups excluding carboxylic acids is 1. The summed E-state index contributed by atoms with van der Waals surface area (Å²) in [6.07, 6.45) is 0.0425. The highest BCUT2D eigenvalue weighted by molar-refractivity contribution is 5.97. The van der Waals surface area contributed by atoms with Crippen LogP contribution in [-0.4, -0.2) is 18.4 Å². The quantitative estimate of drug-likeness (QED) is 0.547. The molecule has 0 bridgehead atoms. The van der Waals surface area contributed by atoms with Gasteiger partial charge in [-0.05, 0) is 17.4 Å². The van der Waals surface area contributed by atoms with Crippen molar-refractivity contribution in [2.24, 2.45) is 15.5 Å². The van der Waals surface area contributed by atoms with E-state index in [-0.39, 0.29) is 12.4 Å². The Kier molecular flexibility index (Phi) is 2.53. The average molecular weight is 155 g/mol. The Hall–Kier alpha value is -1.46. The summed E-state index contributed by atoms with van der Waals surface area (Å²) >= 11 is 0. The van der Waals surface area contributed by atoms with Gasteiger partial charge in [-0.25, -0.2) is 0 Å². The first kappa shape index (κ1) is 7.64. The van der Waals surface area contributed by atoms with E-state index >= 15 is 0 Å². The summed E-state index contributed by atoms with van der Waals surface area (Å²) in [7, 11) is 0. The zero-order valence-corrected chi connectivity index (χ0v) is 6.02. The number of carbonyl (C=O) groups is 1. The van der Waals surface area contributed by atoms with E-state index in [0.29, 0.717) is 12.4 Å². The van der Waals surface area contributed by atoms with Crippen LogP contribution in [-0.2, 0) is 9.53 Å². The highest BCUT2D eigenvalue weighted by atomic mass is 16.5. The molecule has 0 aromatic carbocycles. The maximum atomic E-state index is 10.8. The molecule has 59 valence electrons. The van der Waals surface area contributed by atoms with Gasteiger partial charge in [0, 0.05) is 0 Å². The lowest BCUT2D eigenvalue weighted by atomic mass is 10.4. The largest absolute Gasteiger partial charge is 0.466 e. The molecule has 0 saturated carbocycles. The number of hydrogen-bond donors (Lipinski definition) is 0. The van der Waals surface area contributed by atoms with Crippen LogP contribution in [0.1, 0.15) is 13.3 Å². The number of rotatable bonds is 3. The molecule has 0 aliphatic carbocycles. The summed E-state index contributed by atoms with van der Waals surface area (Å²) in [6, 6.07) is 0. The monoisotopic (exact) mass is 155 g/mol. The molecule has 0 amide bonds. The van der Waals surface area contributed by atoms with Crippen LogP contribution in [0, 0.1) is 0 Å². The summed E-state index contributed by atoms with van der Waals surface area (Å²) in [6.45, 7) is 2.10. The second kappa shape index (κ2) is 3.65. The van der Waals surface area contributed by atoms with Crippen LogP contribution in [0.25, 0.3) is 0 Å². The van der Waals surface area contributed by atoms with Crippen molar-refractivity contribution in [3.8, 4) is 0 Å². The van der Waals surface area contributed by atoms with E-state index in [1.807, 2.05) is 0 Å². The highest BCUT2D eigenvalue weighted by Crippen LogP contribution is 1.96. The van der Waals surface area contributed by atoms with Gasteiger partial charge in [-0.3, -0.25) is 4.79 Å². The van der Waals surface area contributed by atoms with Crippen LogP contribution in [0.4, 0.5) is 0 Å². The summed E-state index contributed by atoms with van der Waals surface area (Å²) < 4.78 is 4.64. The van der Waals surface area contributed by atoms with Gasteiger partial charge in [0.2, 0.25) is 0 Å². The molecular weight excluding hydrogens is 148 g/mol. The SMILES string of the molecule is CCOC(=O)CC1=NN=N[N]1. The third kappa shape index (κ3) is 2.32. The standard InChI is InChI=1S/C5H7N4O2/c1-2-11-5(10)3-4-6-8-9-7-4/h2-3H2,1H3. The molecule has 1 radical (unpaired) electrons. The molecule has 6 nitrogen and oxygen atoms in total. The van der Waals surface area contributed by atoms with Gasteiger partial charge < -0.3 is 4.74 Å². The number of ether oxygens (including phenoxy) is 1. The lowest BCUT2D eigenvalue weighted by Crippen LogP contribution is -2.14. The first-order valence-corrected chi connectivity index (χ1v) is 3.16. The molecule has 0 aromatic heterocycles. The van der Waals surface area contributed by atoms with Gasteiger partial charge >= 0.3 is 5.97 Å². The minimum absolute atomic E-state index is 0.0425. The molecule has 0 unspecified atom stereocenters. The minimum Gasteiger partial charge on any atom is -0.466 e. The molecule has 0 aromatic rings. The van der Waals surface area contributed by atoms with Crippen molar-refractivity contribution in [3.05, 3.63) is 0 Å². The zero-order chi connectivity index (χ0) is 8.10. The third-order valence-corrected chi connectivity index (χ3v) is 0.968. The summed E-state index contributed by atoms with van der Waals surface area (Å²) in [5.41, 5.74) is 3.47. The lowest BCUT2D eigenvalue weighted by Gasteiger charge is -1.97. The van der Waals surface area contributed by atoms with E-state index in [2.05, 4.69) is 25.7 Å². The van der Waals surface area contributed by atoms with Crippen LogP contribution in [0.2, 0.25) is 0 Å². The molecule has 0 fully saturated rings. The molecule has 11 heavy (non-hydrogen) atoms. The smallest absolute Gasteiger partial charge is 0.313 e. The molecule has 0 spiro atoms. The molecule has 0 atom stereocenters. The van der Waals surface area contributed by atoms with Crippen molar-refractivity contribution < 1.29 is 9.53 Å². The minimum atomic E-state index is -0.359. The summed E-state index contributed by atoms with van der Waals surface area (Å²) in [5, 5.41) is 9.90. The number of esters is 1. The van der Waals surface area contributed by atoms with E-state index in [1.54, 1.807) is 6.92 Å². The van der Waals surface area contributed by atoms with E-state index in [9.17, 15) is 4.79 Å². The fourth-order valence-electron chi connectivity index (χ4n) is 0.575. The predicted octanol–water partition coefficient (Wildman–Crippen LogP) is 0.238. The number of hydrogen-bond acceptors (Lipinski definition) is 5. The van der Waals surface area contributed by atoms with Crippen molar-refractivity contribution in [1.29, 1.82) is 0 Å². The van der Waals surface area contributed by atoms with Crippen molar-refractivity contribution in [2.75, 3.05) is 6.61 Å². The van der Waals surface area contributed by atoms with Crippen LogP contribution in [0.3, 0.4) is 0 Å². The number of amidine groups is 1. The Morgan fingerprint density at radius 1 is 1.55 bits per heavy atom. The van der Waals surface area contributed by atoms with Crippen molar-refractivity contribution >= 4 is 11.8 Å². The average Bonchev–Trinajstić information content (AvgIpc) is 2.40. The molecule has 1 rings (SSSR count). The van der Waals surface area contributed by atoms with Gasteiger partial charge in [0.05, 0.1) is 6.61 Å². The van der Waals surface area contributed by atoms with Crippen molar-refractivity contribution in [2.45, 2.75) is 13.3 Å². The number of nitrogens with zero attached hydrogens (tertiary/aromatic N) is 4. The summed E-state index contributed by atoms with van der Waals surface area (Å²) in [4.78, 5) is 10.8. The lowest BCUT2D eigenvalue weighted by molar-refractivity contribution is -0.141. The molecule has 1 aliphatic rings. The van der Waals surface area contributed by atoms with Crippen LogP contribution >= 0.6 is 0 Å². The first-order valence-electron chi connectivity index (χ1n) is 3.16. The highest BCUT2D eigenvalue weighted by Gasteiger charge is 2.12. The first-order chi connectivity index (χ1) is 5.33. The maximum Gasteiger partial charge on any atom is 0.313 e. The topological polar surface area (TPSA) is 77.5 Å². The van der Waals surface area contributed by atoms with Gasteiger partial charge in [-0.15, -0.1) is 10.5 Å². The van der Waals surface area contributed by atoms with Crippen LogP contribution in [0.15, 0.2) is 15.5 Å². The van der Waals surface area contributed by atoms with E-state index < -0.39 is 0 Å². The predicted molar refractivity (Wildman–Crippen MR) is 35.7 cm³/mol.